The minimum atomic E-state index is -0.889. The molecule has 0 unspecified atom stereocenters. The summed E-state index contributed by atoms with van der Waals surface area (Å²) in [5.74, 6) is 1.41. The van der Waals surface area contributed by atoms with Crippen LogP contribution in [0.1, 0.15) is 90.4 Å². The standard InChI is InChI=1S/C25H27BrN6O2.2C25H26BrN5O3/c1-13-17-4-5-32(24(17)30-12-29-13)20-10-25(22(34)21(20)33)9-16(28-11-25)6-14-2-3-15-8-18(26)23(27)31-19(15)7-14;2*1-13-17-4-5-31(24(17)29-12-28-13)20-10-25(22(33)21(20)32)9-16(34-11-25)6-14-2-3-15-8-18(26)23(27)30-19(15)7-14/h2-5,7-8,12,16,20-22,28,33-34H,6,9-11H2,1H3,(H2,27,31);2*2-5,7-8,12,16,20-22,32-33H,6,9-11H2,1H3,(H2,27,30)/t2*16-,20+,21-,22-,25-;16-,20-,21+,22+,25+/m001/s1. The van der Waals surface area contributed by atoms with Crippen molar-refractivity contribution in [3.63, 3.8) is 0 Å². The summed E-state index contributed by atoms with van der Waals surface area (Å²) in [5, 5.41) is 76.1. The van der Waals surface area contributed by atoms with Gasteiger partial charge in [-0.05, 0) is 198 Å². The monoisotopic (exact) mass is 1570 g/mol. The second kappa shape index (κ2) is 26.7. The van der Waals surface area contributed by atoms with E-state index in [1.807, 2.05) is 114 Å². The van der Waals surface area contributed by atoms with Gasteiger partial charge in [0.25, 0.3) is 0 Å². The smallest absolute Gasteiger partial charge is 0.143 e. The molecule has 3 aliphatic heterocycles. The lowest BCUT2D eigenvalue weighted by atomic mass is 9.80. The predicted molar refractivity (Wildman–Crippen MR) is 399 cm³/mol. The normalized spacial score (nSPS) is 29.1. The first-order valence-corrected chi connectivity index (χ1v) is 36.8. The molecule has 3 saturated heterocycles. The van der Waals surface area contributed by atoms with Gasteiger partial charge in [-0.1, -0.05) is 36.4 Å². The molecule has 0 amide bonds. The van der Waals surface area contributed by atoms with Crippen LogP contribution in [0.5, 0.6) is 0 Å². The van der Waals surface area contributed by atoms with Gasteiger partial charge in [0.1, 0.15) is 71.7 Å². The van der Waals surface area contributed by atoms with Crippen molar-refractivity contribution < 1.29 is 40.1 Å². The Labute approximate surface area is 611 Å². The molecule has 102 heavy (non-hydrogen) atoms. The number of pyridine rings is 3. The van der Waals surface area contributed by atoms with Gasteiger partial charge in [0.05, 0.1) is 109 Å². The third-order valence-electron chi connectivity index (χ3n) is 23.0. The van der Waals surface area contributed by atoms with E-state index in [1.54, 1.807) is 19.0 Å². The topological polar surface area (TPSA) is 361 Å². The summed E-state index contributed by atoms with van der Waals surface area (Å²) >= 11 is 10.3. The minimum Gasteiger partial charge on any atom is -0.390 e. The van der Waals surface area contributed by atoms with E-state index < -0.39 is 47.5 Å². The molecule has 9 aromatic heterocycles. The zero-order chi connectivity index (χ0) is 70.8. The quantitative estimate of drug-likeness (QED) is 0.0642. The zero-order valence-corrected chi connectivity index (χ0v) is 61.0. The van der Waals surface area contributed by atoms with Crippen molar-refractivity contribution in [3.05, 3.63) is 176 Å². The lowest BCUT2D eigenvalue weighted by Crippen LogP contribution is -2.38. The number of fused-ring (bicyclic) bond motifs is 6. The van der Waals surface area contributed by atoms with E-state index in [4.69, 9.17) is 26.7 Å². The van der Waals surface area contributed by atoms with E-state index in [0.717, 1.165) is 120 Å². The van der Waals surface area contributed by atoms with Crippen molar-refractivity contribution in [2.45, 2.75) is 152 Å². The van der Waals surface area contributed by atoms with Gasteiger partial charge in [-0.25, -0.2) is 44.9 Å². The Morgan fingerprint density at radius 3 is 1.16 bits per heavy atom. The lowest BCUT2D eigenvalue weighted by Gasteiger charge is -2.27. The molecule has 27 heteroatoms. The number of benzene rings is 3. The van der Waals surface area contributed by atoms with Gasteiger partial charge in [-0.2, -0.15) is 0 Å². The van der Waals surface area contributed by atoms with Crippen LogP contribution in [0.3, 0.4) is 0 Å². The highest BCUT2D eigenvalue weighted by Gasteiger charge is 2.59. The summed E-state index contributed by atoms with van der Waals surface area (Å²) in [5.41, 5.74) is 27.6. The number of aryl methyl sites for hydroxylation is 3. The zero-order valence-electron chi connectivity index (χ0n) is 56.3. The van der Waals surface area contributed by atoms with Gasteiger partial charge < -0.3 is 76.3 Å². The highest BCUT2D eigenvalue weighted by Crippen LogP contribution is 2.55. The van der Waals surface area contributed by atoms with E-state index in [1.165, 1.54) is 5.56 Å². The second-order valence-corrected chi connectivity index (χ2v) is 31.8. The summed E-state index contributed by atoms with van der Waals surface area (Å²) < 4.78 is 20.7. The Kier molecular flexibility index (Phi) is 18.0. The highest BCUT2D eigenvalue weighted by molar-refractivity contribution is 9.11. The first-order valence-electron chi connectivity index (χ1n) is 34.5. The molecule has 12 heterocycles. The SMILES string of the molecule is Cc1ncnc2c1ccn2[C@@H]1C[C@@]2(CN[C@@H](Cc3ccc4cc(Br)c(N)nc4c3)C2)[C@@H](O)[C@H]1O.Cc1ncnc2c1ccn2[C@@H]1C[C@@]2(CO[C@@H](Cc3ccc4cc(Br)c(N)nc4c3)C2)[C@@H](O)[C@H]1O.Cc1ncnc2c1ccn2[C@@H]1C[C@@]2(CO[C@H](Cc3ccc4cc(Br)c(N)nc4c3)C2)[C@@H](O)[C@H]1O. The van der Waals surface area contributed by atoms with Crippen LogP contribution in [0.2, 0.25) is 0 Å². The van der Waals surface area contributed by atoms with Crippen LogP contribution in [0.25, 0.3) is 65.8 Å². The fourth-order valence-electron chi connectivity index (χ4n) is 17.5. The van der Waals surface area contributed by atoms with Gasteiger partial charge in [0.2, 0.25) is 0 Å². The molecule has 3 aromatic carbocycles. The largest absolute Gasteiger partial charge is 0.390 e. The maximum Gasteiger partial charge on any atom is 0.143 e. The molecule has 6 aliphatic rings. The first kappa shape index (κ1) is 68.6. The number of aliphatic hydroxyl groups is 6. The number of ether oxygens (including phenoxy) is 2. The molecule has 0 bridgehead atoms. The number of hydrogen-bond donors (Lipinski definition) is 10. The predicted octanol–water partition coefficient (Wildman–Crippen LogP) is 9.52. The molecule has 24 nitrogen and oxygen atoms in total. The van der Waals surface area contributed by atoms with Crippen LogP contribution < -0.4 is 22.5 Å². The van der Waals surface area contributed by atoms with Gasteiger partial charge in [0.15, 0.2) is 0 Å². The van der Waals surface area contributed by atoms with Gasteiger partial charge in [0, 0.05) is 79.7 Å². The maximum atomic E-state index is 11.2. The first-order chi connectivity index (χ1) is 49.0. The fourth-order valence-corrected chi connectivity index (χ4v) is 18.6. The number of hydrogen-bond acceptors (Lipinski definition) is 21. The number of nitrogens with zero attached hydrogens (tertiary/aromatic N) is 12. The number of aliphatic hydroxyl groups excluding tert-OH is 6. The van der Waals surface area contributed by atoms with Crippen molar-refractivity contribution in [1.29, 1.82) is 0 Å². The third-order valence-corrected chi connectivity index (χ3v) is 24.9. The van der Waals surface area contributed by atoms with Crippen LogP contribution in [-0.2, 0) is 28.7 Å². The van der Waals surface area contributed by atoms with Crippen molar-refractivity contribution in [3.8, 4) is 0 Å². The van der Waals surface area contributed by atoms with Crippen LogP contribution >= 0.6 is 47.8 Å². The Balaban J connectivity index is 0.000000118. The average molecular weight is 1570 g/mol. The molecular formula is C75H79Br3N16O8. The van der Waals surface area contributed by atoms with Crippen molar-refractivity contribution >= 4 is 131 Å². The molecule has 13 N–H and O–H groups in total. The number of anilines is 3. The number of nitrogens with one attached hydrogen (secondary N) is 1. The summed E-state index contributed by atoms with van der Waals surface area (Å²) in [6.07, 6.45) is 11.6. The lowest BCUT2D eigenvalue weighted by molar-refractivity contribution is -0.0308. The van der Waals surface area contributed by atoms with E-state index in [-0.39, 0.29) is 41.8 Å². The maximum absolute atomic E-state index is 11.2. The van der Waals surface area contributed by atoms with E-state index in [2.05, 4.69) is 128 Å². The number of aromatic nitrogens is 12. The Bertz CT molecular complexity index is 4730. The fraction of sp³-hybridized carbons (Fsp3) is 0.400. The second-order valence-electron chi connectivity index (χ2n) is 29.3. The van der Waals surface area contributed by atoms with Gasteiger partial charge in [-0.15, -0.1) is 0 Å². The van der Waals surface area contributed by atoms with Crippen LogP contribution in [0.4, 0.5) is 17.5 Å². The molecule has 3 saturated carbocycles. The van der Waals surface area contributed by atoms with E-state index in [0.29, 0.717) is 82.2 Å². The van der Waals surface area contributed by atoms with Gasteiger partial charge in [-0.3, -0.25) is 0 Å². The third kappa shape index (κ3) is 12.3. The van der Waals surface area contributed by atoms with Gasteiger partial charge >= 0.3 is 0 Å². The molecule has 18 rings (SSSR count). The van der Waals surface area contributed by atoms with Crippen molar-refractivity contribution in [1.82, 2.24) is 63.9 Å². The number of nitrogen functional groups attached to an aromatic ring is 3. The van der Waals surface area contributed by atoms with E-state index >= 15 is 0 Å². The Hall–Kier alpha value is -7.77. The van der Waals surface area contributed by atoms with E-state index in [9.17, 15) is 30.6 Å². The molecule has 12 aromatic rings. The molecule has 3 spiro atoms. The van der Waals surface area contributed by atoms with Crippen molar-refractivity contribution in [2.75, 3.05) is 37.0 Å². The van der Waals surface area contributed by atoms with Crippen LogP contribution in [-0.4, -0.2) is 164 Å². The highest BCUT2D eigenvalue weighted by atomic mass is 79.9. The molecule has 6 fully saturated rings. The number of halogens is 3. The minimum absolute atomic E-state index is 0.0446. The average Bonchev–Trinajstić information content (AvgIpc) is 1.59. The Morgan fingerprint density at radius 2 is 0.784 bits per heavy atom. The van der Waals surface area contributed by atoms with Crippen LogP contribution in [0.15, 0.2) is 142 Å². The molecule has 528 valence electrons. The number of nitrogens with two attached hydrogens (primary N) is 3. The Morgan fingerprint density at radius 1 is 0.441 bits per heavy atom. The molecular weight excluding hydrogens is 1490 g/mol. The van der Waals surface area contributed by atoms with Crippen LogP contribution in [0, 0.1) is 37.0 Å². The summed E-state index contributed by atoms with van der Waals surface area (Å²) in [6.45, 7) is 7.36. The molecule has 0 radical (unpaired) electrons. The molecule has 3 aliphatic carbocycles. The molecule has 15 atom stereocenters. The summed E-state index contributed by atoms with van der Waals surface area (Å²) in [7, 11) is 0. The van der Waals surface area contributed by atoms with Crippen molar-refractivity contribution in [2.24, 2.45) is 16.2 Å². The summed E-state index contributed by atoms with van der Waals surface area (Å²) in [6, 6.07) is 29.9. The summed E-state index contributed by atoms with van der Waals surface area (Å²) in [4.78, 5) is 39.6. The number of rotatable bonds is 9.